The van der Waals surface area contributed by atoms with Gasteiger partial charge in [-0.3, -0.25) is 0 Å². The fourth-order valence-corrected chi connectivity index (χ4v) is 3.10. The molecule has 0 radical (unpaired) electrons. The molecule has 0 aromatic heterocycles. The van der Waals surface area contributed by atoms with Crippen LogP contribution in [0.25, 0.3) is 0 Å². The summed E-state index contributed by atoms with van der Waals surface area (Å²) in [6.07, 6.45) is 4.10. The third-order valence-corrected chi connectivity index (χ3v) is 3.69. The molecule has 4 nitrogen and oxygen atoms in total. The number of hydrogen-bond acceptors (Lipinski definition) is 3. The molecule has 19 heavy (non-hydrogen) atoms. The van der Waals surface area contributed by atoms with Crippen molar-refractivity contribution in [2.75, 3.05) is 0 Å². The van der Waals surface area contributed by atoms with Crippen molar-refractivity contribution < 1.29 is 18.4 Å². The molecule has 2 atom stereocenters. The Kier molecular flexibility index (Phi) is 10.9. The molecule has 0 bridgehead atoms. The average molecular weight is 309 g/mol. The fraction of sp³-hybridized carbons (Fsp3) is 0.846. The van der Waals surface area contributed by atoms with E-state index in [-0.39, 0.29) is 0 Å². The molecule has 0 saturated carbocycles. The topological polar surface area (TPSA) is 55.8 Å². The standard InChI is InChI=1S/C9H19O4PSi.C4H10/c1-7-9(8(2,3)4,12-14(10)11)13-15(5)6;1-3-4-2/h7,15H,1H2,2-6H3;3-4H2,1-2H3/p+1. The third-order valence-electron chi connectivity index (χ3n) is 2.44. The highest BCUT2D eigenvalue weighted by Crippen LogP contribution is 2.42. The lowest BCUT2D eigenvalue weighted by molar-refractivity contribution is -0.149. The van der Waals surface area contributed by atoms with Crippen LogP contribution in [-0.2, 0) is 13.5 Å². The number of unbranched alkanes of at least 4 members (excludes halogenated alkanes) is 1. The molecule has 0 fully saturated rings. The number of hydrogen-bond donors (Lipinski definition) is 1. The first-order chi connectivity index (χ1) is 8.56. The molecule has 0 heterocycles. The quantitative estimate of drug-likeness (QED) is 0.342. The van der Waals surface area contributed by atoms with Gasteiger partial charge in [0, 0.05) is 9.98 Å². The summed E-state index contributed by atoms with van der Waals surface area (Å²) in [4.78, 5) is 8.87. The minimum atomic E-state index is -2.71. The lowest BCUT2D eigenvalue weighted by Crippen LogP contribution is -2.47. The van der Waals surface area contributed by atoms with Gasteiger partial charge in [-0.1, -0.05) is 58.6 Å². The van der Waals surface area contributed by atoms with E-state index in [1.807, 2.05) is 33.9 Å². The van der Waals surface area contributed by atoms with E-state index >= 15 is 0 Å². The van der Waals surface area contributed by atoms with Gasteiger partial charge in [-0.25, -0.2) is 0 Å². The summed E-state index contributed by atoms with van der Waals surface area (Å²) in [6.45, 7) is 17.6. The van der Waals surface area contributed by atoms with E-state index in [4.69, 9.17) is 13.8 Å². The van der Waals surface area contributed by atoms with E-state index in [0.717, 1.165) is 0 Å². The first kappa shape index (κ1) is 21.2. The highest BCUT2D eigenvalue weighted by atomic mass is 31.1. The Hall–Kier alpha value is -0.0631. The summed E-state index contributed by atoms with van der Waals surface area (Å²) in [5.74, 6) is -1.18. The van der Waals surface area contributed by atoms with Crippen molar-refractivity contribution in [3.05, 3.63) is 12.7 Å². The Balaban J connectivity index is 0. The third kappa shape index (κ3) is 8.66. The smallest absolute Gasteiger partial charge is 0.387 e. The van der Waals surface area contributed by atoms with E-state index in [1.165, 1.54) is 18.9 Å². The summed E-state index contributed by atoms with van der Waals surface area (Å²) < 4.78 is 21.6. The maximum absolute atomic E-state index is 10.8. The Bertz CT molecular complexity index is 274. The Morgan fingerprint density at radius 3 is 1.84 bits per heavy atom. The predicted octanol–water partition coefficient (Wildman–Crippen LogP) is 4.39. The van der Waals surface area contributed by atoms with Crippen molar-refractivity contribution in [3.8, 4) is 0 Å². The van der Waals surface area contributed by atoms with E-state index in [2.05, 4.69) is 20.4 Å². The molecule has 0 rings (SSSR count). The first-order valence-corrected chi connectivity index (χ1v) is 10.6. The normalized spacial score (nSPS) is 15.3. The summed E-state index contributed by atoms with van der Waals surface area (Å²) in [7, 11) is -4.12. The van der Waals surface area contributed by atoms with Gasteiger partial charge in [-0.15, -0.1) is 4.89 Å². The molecule has 2 unspecified atom stereocenters. The van der Waals surface area contributed by atoms with Crippen molar-refractivity contribution >= 4 is 17.3 Å². The fourth-order valence-electron chi connectivity index (χ4n) is 1.19. The van der Waals surface area contributed by atoms with Crippen LogP contribution in [0.15, 0.2) is 12.7 Å². The molecular weight excluding hydrogens is 279 g/mol. The second-order valence-electron chi connectivity index (χ2n) is 5.62. The maximum atomic E-state index is 10.8. The molecule has 0 amide bonds. The summed E-state index contributed by atoms with van der Waals surface area (Å²) in [6, 6.07) is 0. The van der Waals surface area contributed by atoms with Crippen LogP contribution in [0.5, 0.6) is 0 Å². The summed E-state index contributed by atoms with van der Waals surface area (Å²) in [5, 5.41) is 0. The zero-order valence-electron chi connectivity index (χ0n) is 13.4. The Morgan fingerprint density at radius 2 is 1.68 bits per heavy atom. The van der Waals surface area contributed by atoms with E-state index < -0.39 is 28.5 Å². The van der Waals surface area contributed by atoms with Crippen molar-refractivity contribution in [2.24, 2.45) is 5.41 Å². The molecule has 0 aliphatic carbocycles. The van der Waals surface area contributed by atoms with Gasteiger partial charge in [0.25, 0.3) is 0 Å². The molecule has 0 aliphatic rings. The minimum absolute atomic E-state index is 0.445. The van der Waals surface area contributed by atoms with Crippen molar-refractivity contribution in [3.63, 3.8) is 0 Å². The van der Waals surface area contributed by atoms with Gasteiger partial charge in [0.1, 0.15) is 0 Å². The van der Waals surface area contributed by atoms with Crippen molar-refractivity contribution in [1.29, 1.82) is 0 Å². The van der Waals surface area contributed by atoms with Crippen LogP contribution < -0.4 is 0 Å². The lowest BCUT2D eigenvalue weighted by Gasteiger charge is -2.38. The van der Waals surface area contributed by atoms with Crippen LogP contribution >= 0.6 is 8.25 Å². The molecule has 0 aromatic rings. The highest BCUT2D eigenvalue weighted by Gasteiger charge is 2.49. The lowest BCUT2D eigenvalue weighted by atomic mass is 9.86. The largest absolute Gasteiger partial charge is 0.698 e. The molecule has 114 valence electrons. The van der Waals surface area contributed by atoms with Crippen LogP contribution in [0.3, 0.4) is 0 Å². The number of rotatable bonds is 6. The van der Waals surface area contributed by atoms with Crippen LogP contribution in [0, 0.1) is 5.41 Å². The van der Waals surface area contributed by atoms with Gasteiger partial charge < -0.3 is 4.43 Å². The SMILES string of the molecule is C=CC(O[SiH](C)C)(O[P+](=O)O)C(C)(C)C.CCCC. The predicted molar refractivity (Wildman–Crippen MR) is 83.8 cm³/mol. The van der Waals surface area contributed by atoms with Crippen molar-refractivity contribution in [2.45, 2.75) is 66.3 Å². The van der Waals surface area contributed by atoms with E-state index in [1.54, 1.807) is 0 Å². The van der Waals surface area contributed by atoms with E-state index in [0.29, 0.717) is 0 Å². The average Bonchev–Trinajstić information content (AvgIpc) is 2.25. The second kappa shape index (κ2) is 9.78. The maximum Gasteiger partial charge on any atom is 0.698 e. The van der Waals surface area contributed by atoms with Crippen LogP contribution in [-0.4, -0.2) is 19.7 Å². The van der Waals surface area contributed by atoms with Crippen molar-refractivity contribution in [1.82, 2.24) is 0 Å². The van der Waals surface area contributed by atoms with E-state index in [9.17, 15) is 4.57 Å². The molecule has 1 N–H and O–H groups in total. The first-order valence-electron chi connectivity index (χ1n) is 6.72. The highest BCUT2D eigenvalue weighted by molar-refractivity contribution is 7.32. The Morgan fingerprint density at radius 1 is 1.26 bits per heavy atom. The summed E-state index contributed by atoms with van der Waals surface area (Å²) >= 11 is 0. The monoisotopic (exact) mass is 309 g/mol. The molecule has 6 heteroatoms. The van der Waals surface area contributed by atoms with Crippen LogP contribution in [0.2, 0.25) is 13.1 Å². The van der Waals surface area contributed by atoms with Gasteiger partial charge in [-0.05, 0) is 19.2 Å². The second-order valence-corrected chi connectivity index (χ2v) is 8.61. The van der Waals surface area contributed by atoms with Crippen LogP contribution in [0.1, 0.15) is 47.5 Å². The molecule has 0 spiro atoms. The zero-order chi connectivity index (χ0) is 15.7. The molecule has 0 aliphatic heterocycles. The van der Waals surface area contributed by atoms with Gasteiger partial charge in [0.05, 0.1) is 0 Å². The van der Waals surface area contributed by atoms with Gasteiger partial charge in [-0.2, -0.15) is 0 Å². The van der Waals surface area contributed by atoms with Gasteiger partial charge in [0.2, 0.25) is 5.79 Å². The minimum Gasteiger partial charge on any atom is -0.387 e. The summed E-state index contributed by atoms with van der Waals surface area (Å²) in [5.41, 5.74) is -0.445. The van der Waals surface area contributed by atoms with Gasteiger partial charge >= 0.3 is 8.25 Å². The molecular formula is C13H30O4PSi+. The molecule has 0 aromatic carbocycles. The van der Waals surface area contributed by atoms with Crippen LogP contribution in [0.4, 0.5) is 0 Å². The zero-order valence-corrected chi connectivity index (χ0v) is 15.4. The molecule has 0 saturated heterocycles. The Labute approximate surface area is 120 Å². The van der Waals surface area contributed by atoms with Gasteiger partial charge in [0.15, 0.2) is 9.04 Å².